The molecule has 1 N–H and O–H groups in total. The molecule has 2 rings (SSSR count). The van der Waals surface area contributed by atoms with Crippen molar-refractivity contribution in [3.05, 3.63) is 29.3 Å². The topological polar surface area (TPSA) is 47.6 Å². The highest BCUT2D eigenvalue weighted by molar-refractivity contribution is 6.30. The lowest BCUT2D eigenvalue weighted by molar-refractivity contribution is -0.149. The Balaban J connectivity index is 2.20. The van der Waals surface area contributed by atoms with E-state index in [4.69, 9.17) is 21.1 Å². The van der Waals surface area contributed by atoms with Crippen LogP contribution in [0, 0.1) is 0 Å². The zero-order chi connectivity index (χ0) is 14.4. The number of benzene rings is 1. The molecule has 0 bridgehead atoms. The SMILES string of the molecule is CCOC(=O)C1(Nc2ccc(Cl)cc2)CCCOCC1. The molecule has 1 aromatic carbocycles. The lowest BCUT2D eigenvalue weighted by Crippen LogP contribution is -2.47. The molecule has 1 heterocycles. The Bertz CT molecular complexity index is 439. The van der Waals surface area contributed by atoms with E-state index >= 15 is 0 Å². The summed E-state index contributed by atoms with van der Waals surface area (Å²) in [6, 6.07) is 7.34. The Morgan fingerprint density at radius 2 is 2.10 bits per heavy atom. The summed E-state index contributed by atoms with van der Waals surface area (Å²) in [5.41, 5.74) is 0.157. The molecule has 0 radical (unpaired) electrons. The van der Waals surface area contributed by atoms with Crippen LogP contribution in [0.3, 0.4) is 0 Å². The van der Waals surface area contributed by atoms with Crippen LogP contribution in [0.5, 0.6) is 0 Å². The van der Waals surface area contributed by atoms with E-state index in [1.54, 1.807) is 12.1 Å². The molecule has 0 aliphatic carbocycles. The molecule has 4 nitrogen and oxygen atoms in total. The van der Waals surface area contributed by atoms with Gasteiger partial charge in [-0.2, -0.15) is 0 Å². The highest BCUT2D eigenvalue weighted by Gasteiger charge is 2.40. The first-order valence-corrected chi connectivity index (χ1v) is 7.33. The second-order valence-electron chi connectivity index (χ2n) is 4.90. The van der Waals surface area contributed by atoms with Crippen molar-refractivity contribution in [3.63, 3.8) is 0 Å². The third kappa shape index (κ3) is 3.64. The van der Waals surface area contributed by atoms with Crippen molar-refractivity contribution in [2.45, 2.75) is 31.7 Å². The van der Waals surface area contributed by atoms with Gasteiger partial charge in [0.1, 0.15) is 5.54 Å². The van der Waals surface area contributed by atoms with E-state index < -0.39 is 5.54 Å². The Labute approximate surface area is 124 Å². The molecule has 0 aromatic heterocycles. The van der Waals surface area contributed by atoms with Gasteiger partial charge in [-0.1, -0.05) is 11.6 Å². The summed E-state index contributed by atoms with van der Waals surface area (Å²) in [5.74, 6) is -0.208. The van der Waals surface area contributed by atoms with Crippen molar-refractivity contribution in [3.8, 4) is 0 Å². The first kappa shape index (κ1) is 15.1. The largest absolute Gasteiger partial charge is 0.464 e. The first-order chi connectivity index (χ1) is 9.66. The van der Waals surface area contributed by atoms with E-state index in [1.807, 2.05) is 19.1 Å². The molecule has 0 saturated carbocycles. The van der Waals surface area contributed by atoms with Gasteiger partial charge in [0.2, 0.25) is 0 Å². The van der Waals surface area contributed by atoms with Crippen molar-refractivity contribution < 1.29 is 14.3 Å². The summed E-state index contributed by atoms with van der Waals surface area (Å²) in [6.07, 6.45) is 2.14. The minimum absolute atomic E-state index is 0.208. The highest BCUT2D eigenvalue weighted by atomic mass is 35.5. The number of nitrogens with one attached hydrogen (secondary N) is 1. The average Bonchev–Trinajstić information content (AvgIpc) is 2.68. The quantitative estimate of drug-likeness (QED) is 0.867. The summed E-state index contributed by atoms with van der Waals surface area (Å²) >= 11 is 5.89. The van der Waals surface area contributed by atoms with E-state index in [0.29, 0.717) is 37.7 Å². The van der Waals surface area contributed by atoms with Crippen molar-refractivity contribution in [2.75, 3.05) is 25.1 Å². The van der Waals surface area contributed by atoms with Crippen LogP contribution in [0.2, 0.25) is 5.02 Å². The normalized spacial score (nSPS) is 22.9. The second-order valence-corrected chi connectivity index (χ2v) is 5.34. The maximum Gasteiger partial charge on any atom is 0.331 e. The summed E-state index contributed by atoms with van der Waals surface area (Å²) in [6.45, 7) is 3.44. The lowest BCUT2D eigenvalue weighted by Gasteiger charge is -2.32. The number of hydrogen-bond donors (Lipinski definition) is 1. The molecule has 1 aromatic rings. The van der Waals surface area contributed by atoms with Crippen LogP contribution >= 0.6 is 11.6 Å². The van der Waals surface area contributed by atoms with Gasteiger partial charge in [-0.25, -0.2) is 4.79 Å². The molecule has 110 valence electrons. The molecule has 1 atom stereocenters. The Hall–Kier alpha value is -1.26. The standard InChI is InChI=1S/C15H20ClNO3/c1-2-20-14(18)15(8-3-10-19-11-9-15)17-13-6-4-12(16)5-7-13/h4-7,17H,2-3,8-11H2,1H3. The van der Waals surface area contributed by atoms with Crippen molar-refractivity contribution in [1.82, 2.24) is 0 Å². The number of rotatable bonds is 4. The molecule has 1 aliphatic rings. The molecule has 1 fully saturated rings. The minimum atomic E-state index is -0.708. The molecule has 1 aliphatic heterocycles. The zero-order valence-corrected chi connectivity index (χ0v) is 12.4. The van der Waals surface area contributed by atoms with Gasteiger partial charge in [0, 0.05) is 30.3 Å². The fraction of sp³-hybridized carbons (Fsp3) is 0.533. The average molecular weight is 298 g/mol. The van der Waals surface area contributed by atoms with Crippen molar-refractivity contribution in [1.29, 1.82) is 0 Å². The number of carbonyl (C=O) groups excluding carboxylic acids is 1. The fourth-order valence-electron chi connectivity index (χ4n) is 2.41. The van der Waals surface area contributed by atoms with E-state index in [0.717, 1.165) is 12.1 Å². The summed E-state index contributed by atoms with van der Waals surface area (Å²) < 4.78 is 10.7. The number of anilines is 1. The number of hydrogen-bond acceptors (Lipinski definition) is 4. The van der Waals surface area contributed by atoms with Gasteiger partial charge in [-0.15, -0.1) is 0 Å². The molecule has 1 unspecified atom stereocenters. The number of carbonyl (C=O) groups is 1. The predicted molar refractivity (Wildman–Crippen MR) is 79.1 cm³/mol. The Kier molecular flexibility index (Phi) is 5.26. The monoisotopic (exact) mass is 297 g/mol. The summed E-state index contributed by atoms with van der Waals surface area (Å²) in [7, 11) is 0. The molecule has 0 spiro atoms. The molecule has 5 heteroatoms. The van der Waals surface area contributed by atoms with Crippen LogP contribution in [-0.4, -0.2) is 31.3 Å². The molecule has 20 heavy (non-hydrogen) atoms. The molecular weight excluding hydrogens is 278 g/mol. The predicted octanol–water partition coefficient (Wildman–Crippen LogP) is 3.25. The van der Waals surface area contributed by atoms with E-state index in [9.17, 15) is 4.79 Å². The lowest BCUT2D eigenvalue weighted by atomic mass is 9.90. The van der Waals surface area contributed by atoms with E-state index in [2.05, 4.69) is 5.32 Å². The Morgan fingerprint density at radius 1 is 1.35 bits per heavy atom. The van der Waals surface area contributed by atoms with Crippen LogP contribution in [0.15, 0.2) is 24.3 Å². The smallest absolute Gasteiger partial charge is 0.331 e. The first-order valence-electron chi connectivity index (χ1n) is 6.95. The summed E-state index contributed by atoms with van der Waals surface area (Å²) in [4.78, 5) is 12.4. The fourth-order valence-corrected chi connectivity index (χ4v) is 2.53. The van der Waals surface area contributed by atoms with E-state index in [-0.39, 0.29) is 5.97 Å². The highest BCUT2D eigenvalue weighted by Crippen LogP contribution is 2.28. The number of ether oxygens (including phenoxy) is 2. The van der Waals surface area contributed by atoms with Gasteiger partial charge in [-0.3, -0.25) is 0 Å². The Morgan fingerprint density at radius 3 is 2.80 bits per heavy atom. The van der Waals surface area contributed by atoms with Crippen molar-refractivity contribution in [2.24, 2.45) is 0 Å². The molecular formula is C15H20ClNO3. The van der Waals surface area contributed by atoms with Gasteiger partial charge in [0.25, 0.3) is 0 Å². The maximum absolute atomic E-state index is 12.4. The van der Waals surface area contributed by atoms with Gasteiger partial charge >= 0.3 is 5.97 Å². The minimum Gasteiger partial charge on any atom is -0.464 e. The van der Waals surface area contributed by atoms with Crippen molar-refractivity contribution >= 4 is 23.3 Å². The van der Waals surface area contributed by atoms with Gasteiger partial charge in [0.15, 0.2) is 0 Å². The molecule has 1 saturated heterocycles. The molecule has 0 amide bonds. The second kappa shape index (κ2) is 6.95. The zero-order valence-electron chi connectivity index (χ0n) is 11.7. The third-order valence-corrected chi connectivity index (χ3v) is 3.71. The maximum atomic E-state index is 12.4. The van der Waals surface area contributed by atoms with Crippen LogP contribution in [0.4, 0.5) is 5.69 Å². The van der Waals surface area contributed by atoms with Crippen LogP contribution in [0.1, 0.15) is 26.2 Å². The van der Waals surface area contributed by atoms with Gasteiger partial charge < -0.3 is 14.8 Å². The third-order valence-electron chi connectivity index (χ3n) is 3.46. The number of halogens is 1. The number of esters is 1. The van der Waals surface area contributed by atoms with Gasteiger partial charge in [0.05, 0.1) is 6.61 Å². The van der Waals surface area contributed by atoms with Crippen LogP contribution in [0.25, 0.3) is 0 Å². The summed E-state index contributed by atoms with van der Waals surface area (Å²) in [5, 5.41) is 4.00. The van der Waals surface area contributed by atoms with Crippen LogP contribution in [-0.2, 0) is 14.3 Å². The van der Waals surface area contributed by atoms with E-state index in [1.165, 1.54) is 0 Å². The van der Waals surface area contributed by atoms with Crippen LogP contribution < -0.4 is 5.32 Å². The van der Waals surface area contributed by atoms with Gasteiger partial charge in [-0.05, 0) is 44.0 Å².